The molecule has 0 aliphatic rings. The highest BCUT2D eigenvalue weighted by molar-refractivity contribution is 7.89. The van der Waals surface area contributed by atoms with Crippen molar-refractivity contribution in [3.05, 3.63) is 35.7 Å². The van der Waals surface area contributed by atoms with Crippen molar-refractivity contribution in [2.24, 2.45) is 0 Å². The van der Waals surface area contributed by atoms with Crippen LogP contribution in [0.1, 0.15) is 25.2 Å². The van der Waals surface area contributed by atoms with Crippen molar-refractivity contribution in [3.8, 4) is 0 Å². The highest BCUT2D eigenvalue weighted by atomic mass is 32.2. The number of hydrogen-bond donors (Lipinski definition) is 3. The van der Waals surface area contributed by atoms with Crippen LogP contribution >= 0.6 is 0 Å². The van der Waals surface area contributed by atoms with E-state index in [0.29, 0.717) is 12.1 Å². The van der Waals surface area contributed by atoms with Crippen LogP contribution in [-0.4, -0.2) is 35.1 Å². The van der Waals surface area contributed by atoms with Crippen LogP contribution in [0.25, 0.3) is 0 Å². The summed E-state index contributed by atoms with van der Waals surface area (Å²) in [7, 11) is -3.63. The Labute approximate surface area is 123 Å². The Morgan fingerprint density at radius 2 is 2.00 bits per heavy atom. The first kappa shape index (κ1) is 15.5. The number of aromatic nitrogens is 4. The summed E-state index contributed by atoms with van der Waals surface area (Å²) in [5.74, 6) is 0.288. The lowest BCUT2D eigenvalue weighted by molar-refractivity contribution is 0.566. The average Bonchev–Trinajstić information content (AvgIpc) is 2.97. The number of nitrogens with zero attached hydrogens (tertiary/aromatic N) is 3. The predicted molar refractivity (Wildman–Crippen MR) is 76.6 cm³/mol. The number of benzene rings is 1. The van der Waals surface area contributed by atoms with Gasteiger partial charge in [0.25, 0.3) is 0 Å². The minimum absolute atomic E-state index is 0.00915. The third-order valence-electron chi connectivity index (χ3n) is 2.77. The monoisotopic (exact) mass is 310 g/mol. The van der Waals surface area contributed by atoms with Crippen LogP contribution in [0, 0.1) is 0 Å². The number of nitrogens with one attached hydrogen (secondary N) is 3. The first-order valence-corrected chi connectivity index (χ1v) is 8.00. The van der Waals surface area contributed by atoms with Gasteiger partial charge in [-0.3, -0.25) is 0 Å². The standard InChI is InChI=1S/C12H18N6O2S/c1-9(2)13-7-10-5-3-4-6-11(10)21(19,20)14-8-12-15-17-18-16-12/h3-6,9,13-14H,7-8H2,1-2H3,(H,15,16,17,18). The van der Waals surface area contributed by atoms with Crippen LogP contribution in [0.3, 0.4) is 0 Å². The van der Waals surface area contributed by atoms with Gasteiger partial charge >= 0.3 is 0 Å². The van der Waals surface area contributed by atoms with Crippen molar-refractivity contribution in [1.82, 2.24) is 30.7 Å². The zero-order chi connectivity index (χ0) is 15.3. The first-order valence-electron chi connectivity index (χ1n) is 6.52. The van der Waals surface area contributed by atoms with Gasteiger partial charge in [-0.05, 0) is 11.6 Å². The smallest absolute Gasteiger partial charge is 0.241 e. The average molecular weight is 310 g/mol. The highest BCUT2D eigenvalue weighted by Crippen LogP contribution is 2.15. The molecule has 8 nitrogen and oxygen atoms in total. The summed E-state index contributed by atoms with van der Waals surface area (Å²) in [5.41, 5.74) is 0.715. The molecule has 2 rings (SSSR count). The van der Waals surface area contributed by atoms with Crippen LogP contribution in [0.15, 0.2) is 29.2 Å². The van der Waals surface area contributed by atoms with Gasteiger partial charge in [0.15, 0.2) is 5.82 Å². The van der Waals surface area contributed by atoms with Gasteiger partial charge in [-0.25, -0.2) is 13.1 Å². The lowest BCUT2D eigenvalue weighted by Gasteiger charge is -2.13. The molecular formula is C12H18N6O2S. The summed E-state index contributed by atoms with van der Waals surface area (Å²) in [6, 6.07) is 7.15. The topological polar surface area (TPSA) is 113 Å². The second kappa shape index (κ2) is 6.74. The molecule has 0 spiro atoms. The van der Waals surface area contributed by atoms with E-state index in [0.717, 1.165) is 0 Å². The van der Waals surface area contributed by atoms with Gasteiger partial charge in [0.05, 0.1) is 11.4 Å². The summed E-state index contributed by atoms with van der Waals surface area (Å²) in [4.78, 5) is 0.252. The van der Waals surface area contributed by atoms with Crippen molar-refractivity contribution in [1.29, 1.82) is 0 Å². The zero-order valence-electron chi connectivity index (χ0n) is 11.9. The van der Waals surface area contributed by atoms with Gasteiger partial charge in [-0.15, -0.1) is 10.2 Å². The van der Waals surface area contributed by atoms with E-state index in [4.69, 9.17) is 0 Å². The Balaban J connectivity index is 2.15. The predicted octanol–water partition coefficient (Wildman–Crippen LogP) is 0.176. The second-order valence-corrected chi connectivity index (χ2v) is 6.53. The zero-order valence-corrected chi connectivity index (χ0v) is 12.7. The summed E-state index contributed by atoms with van der Waals surface area (Å²) < 4.78 is 27.2. The van der Waals surface area contributed by atoms with E-state index in [1.54, 1.807) is 18.2 Å². The lowest BCUT2D eigenvalue weighted by Crippen LogP contribution is -2.27. The molecule has 1 aromatic heterocycles. The molecule has 0 atom stereocenters. The maximum atomic E-state index is 12.4. The molecule has 1 heterocycles. The Bertz CT molecular complexity index is 669. The molecule has 0 fully saturated rings. The minimum Gasteiger partial charge on any atom is -0.310 e. The van der Waals surface area contributed by atoms with Gasteiger partial charge < -0.3 is 5.32 Å². The maximum absolute atomic E-state index is 12.4. The van der Waals surface area contributed by atoms with E-state index in [2.05, 4.69) is 30.7 Å². The van der Waals surface area contributed by atoms with Gasteiger partial charge in [-0.1, -0.05) is 37.3 Å². The van der Waals surface area contributed by atoms with Crippen molar-refractivity contribution < 1.29 is 8.42 Å². The Morgan fingerprint density at radius 1 is 1.24 bits per heavy atom. The normalized spacial score (nSPS) is 12.0. The number of aromatic amines is 1. The minimum atomic E-state index is -3.63. The number of rotatable bonds is 7. The lowest BCUT2D eigenvalue weighted by atomic mass is 10.2. The Kier molecular flexibility index (Phi) is 4.99. The van der Waals surface area contributed by atoms with Gasteiger partial charge in [0.1, 0.15) is 0 Å². The van der Waals surface area contributed by atoms with E-state index in [1.807, 2.05) is 19.9 Å². The molecule has 0 amide bonds. The molecule has 1 aromatic carbocycles. The van der Waals surface area contributed by atoms with Gasteiger partial charge in [-0.2, -0.15) is 5.21 Å². The fraction of sp³-hybridized carbons (Fsp3) is 0.417. The second-order valence-electron chi connectivity index (χ2n) is 4.80. The largest absolute Gasteiger partial charge is 0.310 e. The van der Waals surface area contributed by atoms with Crippen molar-refractivity contribution in [2.75, 3.05) is 0 Å². The summed E-state index contributed by atoms with van der Waals surface area (Å²) in [6.07, 6.45) is 0. The molecule has 0 bridgehead atoms. The van der Waals surface area contributed by atoms with Crippen LogP contribution in [0.4, 0.5) is 0 Å². The molecule has 2 aromatic rings. The van der Waals surface area contributed by atoms with Crippen LogP contribution in [0.5, 0.6) is 0 Å². The van der Waals surface area contributed by atoms with Crippen molar-refractivity contribution in [3.63, 3.8) is 0 Å². The maximum Gasteiger partial charge on any atom is 0.241 e. The number of hydrogen-bond acceptors (Lipinski definition) is 6. The Morgan fingerprint density at radius 3 is 2.67 bits per heavy atom. The van der Waals surface area contributed by atoms with Crippen LogP contribution < -0.4 is 10.0 Å². The van der Waals surface area contributed by atoms with Gasteiger partial charge in [0.2, 0.25) is 10.0 Å². The van der Waals surface area contributed by atoms with E-state index < -0.39 is 10.0 Å². The molecule has 21 heavy (non-hydrogen) atoms. The highest BCUT2D eigenvalue weighted by Gasteiger charge is 2.18. The molecule has 0 aliphatic carbocycles. The fourth-order valence-corrected chi connectivity index (χ4v) is 2.94. The van der Waals surface area contributed by atoms with Crippen molar-refractivity contribution in [2.45, 2.75) is 37.9 Å². The third kappa shape index (κ3) is 4.31. The first-order chi connectivity index (χ1) is 9.99. The molecule has 0 radical (unpaired) electrons. The SMILES string of the molecule is CC(C)NCc1ccccc1S(=O)(=O)NCc1nn[nH]n1. The molecule has 0 unspecified atom stereocenters. The van der Waals surface area contributed by atoms with Crippen molar-refractivity contribution >= 4 is 10.0 Å². The molecule has 0 saturated heterocycles. The number of sulfonamides is 1. The number of H-pyrrole nitrogens is 1. The molecule has 0 saturated carbocycles. The molecule has 9 heteroatoms. The molecule has 114 valence electrons. The fourth-order valence-electron chi connectivity index (χ4n) is 1.72. The third-order valence-corrected chi connectivity index (χ3v) is 4.27. The number of tetrazole rings is 1. The van der Waals surface area contributed by atoms with E-state index in [-0.39, 0.29) is 23.3 Å². The Hall–Kier alpha value is -1.84. The van der Waals surface area contributed by atoms with Crippen LogP contribution in [-0.2, 0) is 23.1 Å². The van der Waals surface area contributed by atoms with Gasteiger partial charge in [0, 0.05) is 12.6 Å². The molecule has 0 aliphatic heterocycles. The summed E-state index contributed by atoms with van der Waals surface area (Å²) in [5, 5.41) is 16.3. The van der Waals surface area contributed by atoms with E-state index in [9.17, 15) is 8.42 Å². The van der Waals surface area contributed by atoms with Crippen LogP contribution in [0.2, 0.25) is 0 Å². The molecular weight excluding hydrogens is 292 g/mol. The summed E-state index contributed by atoms with van der Waals surface area (Å²) in [6.45, 7) is 4.49. The quantitative estimate of drug-likeness (QED) is 0.672. The van der Waals surface area contributed by atoms with E-state index >= 15 is 0 Å². The van der Waals surface area contributed by atoms with E-state index in [1.165, 1.54) is 0 Å². The molecule has 3 N–H and O–H groups in total. The summed E-state index contributed by atoms with van der Waals surface area (Å²) >= 11 is 0.